The van der Waals surface area contributed by atoms with Crippen molar-refractivity contribution >= 4 is 0 Å². The molecule has 0 aromatic carbocycles. The molecular weight excluding hydrogens is 126 g/mol. The Bertz CT molecular complexity index is 116. The first-order valence-corrected chi connectivity index (χ1v) is 4.09. The summed E-state index contributed by atoms with van der Waals surface area (Å²) in [6.07, 6.45) is 4.18. The van der Waals surface area contributed by atoms with Crippen LogP contribution in [0.1, 0.15) is 32.6 Å². The van der Waals surface area contributed by atoms with Gasteiger partial charge < -0.3 is 10.8 Å². The molecule has 0 aliphatic heterocycles. The van der Waals surface area contributed by atoms with Crippen LogP contribution in [0.25, 0.3) is 0 Å². The lowest BCUT2D eigenvalue weighted by Gasteiger charge is -2.34. The van der Waals surface area contributed by atoms with Gasteiger partial charge in [-0.15, -0.1) is 0 Å². The van der Waals surface area contributed by atoms with Gasteiger partial charge in [0.05, 0.1) is 5.60 Å². The average molecular weight is 143 g/mol. The number of nitrogens with two attached hydrogens (primary N) is 1. The molecule has 1 aliphatic rings. The van der Waals surface area contributed by atoms with Gasteiger partial charge in [-0.05, 0) is 18.8 Å². The zero-order valence-corrected chi connectivity index (χ0v) is 6.64. The minimum Gasteiger partial charge on any atom is -0.389 e. The van der Waals surface area contributed by atoms with Crippen molar-refractivity contribution in [1.82, 2.24) is 0 Å². The Morgan fingerprint density at radius 3 is 2.80 bits per heavy atom. The van der Waals surface area contributed by atoms with Crippen LogP contribution >= 0.6 is 0 Å². The minimum absolute atomic E-state index is 0.428. The molecule has 3 N–H and O–H groups in total. The van der Waals surface area contributed by atoms with E-state index in [4.69, 9.17) is 5.73 Å². The van der Waals surface area contributed by atoms with Gasteiger partial charge in [-0.1, -0.05) is 19.8 Å². The van der Waals surface area contributed by atoms with Crippen LogP contribution in [-0.4, -0.2) is 17.3 Å². The van der Waals surface area contributed by atoms with E-state index in [1.54, 1.807) is 0 Å². The Morgan fingerprint density at radius 1 is 1.70 bits per heavy atom. The highest BCUT2D eigenvalue weighted by molar-refractivity contribution is 4.85. The van der Waals surface area contributed by atoms with Gasteiger partial charge in [0.1, 0.15) is 0 Å². The molecule has 0 aromatic heterocycles. The summed E-state index contributed by atoms with van der Waals surface area (Å²) in [4.78, 5) is 0. The highest BCUT2D eigenvalue weighted by atomic mass is 16.3. The summed E-state index contributed by atoms with van der Waals surface area (Å²) < 4.78 is 0. The Balaban J connectivity index is 2.45. The first-order chi connectivity index (χ1) is 4.66. The van der Waals surface area contributed by atoms with Crippen LogP contribution < -0.4 is 5.73 Å². The van der Waals surface area contributed by atoms with Gasteiger partial charge in [-0.3, -0.25) is 0 Å². The second-order valence-corrected chi connectivity index (χ2v) is 3.63. The summed E-state index contributed by atoms with van der Waals surface area (Å²) in [6.45, 7) is 2.61. The molecule has 0 radical (unpaired) electrons. The zero-order valence-electron chi connectivity index (χ0n) is 6.64. The van der Waals surface area contributed by atoms with Crippen molar-refractivity contribution in [2.24, 2.45) is 11.7 Å². The quantitative estimate of drug-likeness (QED) is 0.572. The number of hydrogen-bond donors (Lipinski definition) is 2. The van der Waals surface area contributed by atoms with Crippen molar-refractivity contribution in [2.45, 2.75) is 38.2 Å². The summed E-state index contributed by atoms with van der Waals surface area (Å²) >= 11 is 0. The first-order valence-electron chi connectivity index (χ1n) is 4.09. The molecule has 1 unspecified atom stereocenters. The maximum absolute atomic E-state index is 9.73. The molecular formula is C8H17NO. The third kappa shape index (κ3) is 1.70. The lowest BCUT2D eigenvalue weighted by Crippen LogP contribution is -2.41. The van der Waals surface area contributed by atoms with Crippen LogP contribution in [0, 0.1) is 5.92 Å². The molecule has 2 atom stereocenters. The SMILES string of the molecule is CC1CCC[C@](O)(CN)C1. The predicted octanol–water partition coefficient (Wildman–Crippen LogP) is 0.886. The monoisotopic (exact) mass is 143 g/mol. The predicted molar refractivity (Wildman–Crippen MR) is 41.6 cm³/mol. The standard InChI is InChI=1S/C8H17NO/c1-7-3-2-4-8(10,5-7)6-9/h7,10H,2-6,9H2,1H3/t7?,8-/m1/s1. The fourth-order valence-corrected chi connectivity index (χ4v) is 1.82. The van der Waals surface area contributed by atoms with E-state index in [0.29, 0.717) is 12.5 Å². The maximum atomic E-state index is 9.73. The third-order valence-corrected chi connectivity index (χ3v) is 2.45. The van der Waals surface area contributed by atoms with E-state index in [-0.39, 0.29) is 0 Å². The summed E-state index contributed by atoms with van der Waals surface area (Å²) in [5.41, 5.74) is 4.92. The topological polar surface area (TPSA) is 46.2 Å². The summed E-state index contributed by atoms with van der Waals surface area (Å²) in [5, 5.41) is 9.73. The van der Waals surface area contributed by atoms with E-state index in [1.807, 2.05) is 0 Å². The average Bonchev–Trinajstić information content (AvgIpc) is 1.88. The summed E-state index contributed by atoms with van der Waals surface area (Å²) in [7, 11) is 0. The summed E-state index contributed by atoms with van der Waals surface area (Å²) in [5.74, 6) is 0.655. The highest BCUT2D eigenvalue weighted by Crippen LogP contribution is 2.30. The molecule has 1 fully saturated rings. The molecule has 0 spiro atoms. The lowest BCUT2D eigenvalue weighted by atomic mass is 9.79. The van der Waals surface area contributed by atoms with Gasteiger partial charge >= 0.3 is 0 Å². The van der Waals surface area contributed by atoms with E-state index in [2.05, 4.69) is 6.92 Å². The Hall–Kier alpha value is -0.0800. The zero-order chi connectivity index (χ0) is 7.61. The Kier molecular flexibility index (Phi) is 2.32. The van der Waals surface area contributed by atoms with Gasteiger partial charge in [0, 0.05) is 6.54 Å². The van der Waals surface area contributed by atoms with Gasteiger partial charge in [-0.25, -0.2) is 0 Å². The molecule has 1 rings (SSSR count). The molecule has 10 heavy (non-hydrogen) atoms. The highest BCUT2D eigenvalue weighted by Gasteiger charge is 2.30. The first kappa shape index (κ1) is 8.02. The lowest BCUT2D eigenvalue weighted by molar-refractivity contribution is -0.00446. The van der Waals surface area contributed by atoms with Crippen LogP contribution in [0.5, 0.6) is 0 Å². The van der Waals surface area contributed by atoms with Gasteiger partial charge in [0.15, 0.2) is 0 Å². The molecule has 2 heteroatoms. The number of rotatable bonds is 1. The van der Waals surface area contributed by atoms with E-state index in [9.17, 15) is 5.11 Å². The van der Waals surface area contributed by atoms with Crippen molar-refractivity contribution in [3.63, 3.8) is 0 Å². The summed E-state index contributed by atoms with van der Waals surface area (Å²) in [6, 6.07) is 0. The third-order valence-electron chi connectivity index (χ3n) is 2.45. The van der Waals surface area contributed by atoms with Gasteiger partial charge in [-0.2, -0.15) is 0 Å². The molecule has 0 saturated heterocycles. The van der Waals surface area contributed by atoms with Crippen LogP contribution in [-0.2, 0) is 0 Å². The van der Waals surface area contributed by atoms with Crippen LogP contribution in [0.2, 0.25) is 0 Å². The second-order valence-electron chi connectivity index (χ2n) is 3.63. The maximum Gasteiger partial charge on any atom is 0.0772 e. The largest absolute Gasteiger partial charge is 0.389 e. The van der Waals surface area contributed by atoms with E-state index >= 15 is 0 Å². The van der Waals surface area contributed by atoms with Crippen LogP contribution in [0.3, 0.4) is 0 Å². The normalized spacial score (nSPS) is 41.7. The van der Waals surface area contributed by atoms with Crippen molar-refractivity contribution in [3.8, 4) is 0 Å². The van der Waals surface area contributed by atoms with Crippen molar-refractivity contribution < 1.29 is 5.11 Å². The van der Waals surface area contributed by atoms with Crippen molar-refractivity contribution in [2.75, 3.05) is 6.54 Å². The molecule has 0 aromatic rings. The Labute approximate surface area is 62.4 Å². The molecule has 0 bridgehead atoms. The fourth-order valence-electron chi connectivity index (χ4n) is 1.82. The van der Waals surface area contributed by atoms with Crippen LogP contribution in [0.4, 0.5) is 0 Å². The van der Waals surface area contributed by atoms with E-state index in [0.717, 1.165) is 19.3 Å². The molecule has 1 saturated carbocycles. The number of hydrogen-bond acceptors (Lipinski definition) is 2. The molecule has 0 heterocycles. The second kappa shape index (κ2) is 2.89. The van der Waals surface area contributed by atoms with Gasteiger partial charge in [0.25, 0.3) is 0 Å². The van der Waals surface area contributed by atoms with Gasteiger partial charge in [0.2, 0.25) is 0 Å². The van der Waals surface area contributed by atoms with Crippen molar-refractivity contribution in [1.29, 1.82) is 0 Å². The minimum atomic E-state index is -0.530. The Morgan fingerprint density at radius 2 is 2.40 bits per heavy atom. The molecule has 1 aliphatic carbocycles. The fraction of sp³-hybridized carbons (Fsp3) is 1.00. The van der Waals surface area contributed by atoms with Crippen LogP contribution in [0.15, 0.2) is 0 Å². The molecule has 2 nitrogen and oxygen atoms in total. The smallest absolute Gasteiger partial charge is 0.0772 e. The van der Waals surface area contributed by atoms with E-state index in [1.165, 1.54) is 6.42 Å². The van der Waals surface area contributed by atoms with Crippen molar-refractivity contribution in [3.05, 3.63) is 0 Å². The molecule has 0 amide bonds. The number of aliphatic hydroxyl groups is 1. The molecule has 60 valence electrons. The van der Waals surface area contributed by atoms with E-state index < -0.39 is 5.60 Å².